The monoisotopic (exact) mass is 533 g/mol. The topological polar surface area (TPSA) is 114 Å². The number of nitrogens with one attached hydrogen (secondary N) is 2. The molecule has 9 nitrogen and oxygen atoms in total. The number of ether oxygens (including phenoxy) is 2. The Morgan fingerprint density at radius 2 is 1.68 bits per heavy atom. The summed E-state index contributed by atoms with van der Waals surface area (Å²) in [4.78, 5) is 53.5. The summed E-state index contributed by atoms with van der Waals surface area (Å²) in [5, 5.41) is 5.54. The van der Waals surface area contributed by atoms with Crippen LogP contribution < -0.4 is 10.6 Å². The van der Waals surface area contributed by atoms with Crippen molar-refractivity contribution in [3.8, 4) is 0 Å². The molecule has 2 atom stereocenters. The predicted octanol–water partition coefficient (Wildman–Crippen LogP) is 4.59. The molecule has 1 rings (SSSR count). The van der Waals surface area contributed by atoms with Crippen molar-refractivity contribution < 1.29 is 28.7 Å². The van der Waals surface area contributed by atoms with Gasteiger partial charge in [-0.1, -0.05) is 39.0 Å². The predicted molar refractivity (Wildman–Crippen MR) is 148 cm³/mol. The highest BCUT2D eigenvalue weighted by atomic mass is 16.6. The Morgan fingerprint density at radius 1 is 1.03 bits per heavy atom. The molecule has 0 aliphatic heterocycles. The largest absolute Gasteiger partial charge is 0.466 e. The average Bonchev–Trinajstić information content (AvgIpc) is 2.78. The van der Waals surface area contributed by atoms with E-state index in [0.717, 1.165) is 11.1 Å². The average molecular weight is 534 g/mol. The van der Waals surface area contributed by atoms with E-state index >= 15 is 0 Å². The number of benzene rings is 1. The van der Waals surface area contributed by atoms with Crippen LogP contribution in [0.25, 0.3) is 0 Å². The van der Waals surface area contributed by atoms with Crippen molar-refractivity contribution in [3.63, 3.8) is 0 Å². The van der Waals surface area contributed by atoms with Gasteiger partial charge in [-0.05, 0) is 77.0 Å². The van der Waals surface area contributed by atoms with Gasteiger partial charge in [0, 0.05) is 13.1 Å². The third-order valence-electron chi connectivity index (χ3n) is 5.78. The summed E-state index contributed by atoms with van der Waals surface area (Å²) >= 11 is 0. The van der Waals surface area contributed by atoms with E-state index in [0.29, 0.717) is 24.9 Å². The van der Waals surface area contributed by atoms with Crippen molar-refractivity contribution in [1.82, 2.24) is 15.5 Å². The van der Waals surface area contributed by atoms with Crippen LogP contribution in [-0.2, 0) is 23.9 Å². The fourth-order valence-corrected chi connectivity index (χ4v) is 3.98. The van der Waals surface area contributed by atoms with Gasteiger partial charge in [0.2, 0.25) is 11.8 Å². The van der Waals surface area contributed by atoms with Gasteiger partial charge >= 0.3 is 12.1 Å². The summed E-state index contributed by atoms with van der Waals surface area (Å²) in [6.45, 7) is 17.4. The minimum Gasteiger partial charge on any atom is -0.466 e. The molecule has 1 aromatic carbocycles. The molecule has 0 fully saturated rings. The second kappa shape index (κ2) is 15.3. The molecule has 38 heavy (non-hydrogen) atoms. The number of carbonyl (C=O) groups excluding carboxylic acids is 4. The highest BCUT2D eigenvalue weighted by molar-refractivity contribution is 5.92. The van der Waals surface area contributed by atoms with Crippen molar-refractivity contribution in [2.45, 2.75) is 99.3 Å². The summed E-state index contributed by atoms with van der Waals surface area (Å²) in [6.07, 6.45) is 0.318. The Bertz CT molecular complexity index is 954. The Hall–Kier alpha value is -3.10. The molecule has 0 aromatic heterocycles. The van der Waals surface area contributed by atoms with Crippen LogP contribution in [0.1, 0.15) is 90.5 Å². The highest BCUT2D eigenvalue weighted by Crippen LogP contribution is 2.26. The second-order valence-electron chi connectivity index (χ2n) is 11.0. The van der Waals surface area contributed by atoms with E-state index in [2.05, 4.69) is 10.6 Å². The fourth-order valence-electron chi connectivity index (χ4n) is 3.98. The molecule has 0 radical (unpaired) electrons. The third kappa shape index (κ3) is 11.1. The Kier molecular flexibility index (Phi) is 13.3. The van der Waals surface area contributed by atoms with Crippen molar-refractivity contribution in [3.05, 3.63) is 34.9 Å². The summed E-state index contributed by atoms with van der Waals surface area (Å²) < 4.78 is 10.4. The molecule has 0 aliphatic carbocycles. The molecule has 2 unspecified atom stereocenters. The summed E-state index contributed by atoms with van der Waals surface area (Å²) in [5.74, 6) is -1.08. The second-order valence-corrected chi connectivity index (χ2v) is 11.0. The number of aryl methyl sites for hydroxylation is 2. The lowest BCUT2D eigenvalue weighted by molar-refractivity contribution is -0.144. The Morgan fingerprint density at radius 3 is 2.21 bits per heavy atom. The maximum atomic E-state index is 14.0. The maximum Gasteiger partial charge on any atom is 0.408 e. The first-order chi connectivity index (χ1) is 17.7. The lowest BCUT2D eigenvalue weighted by atomic mass is 9.96. The van der Waals surface area contributed by atoms with Crippen LogP contribution in [0.2, 0.25) is 0 Å². The molecular weight excluding hydrogens is 486 g/mol. The summed E-state index contributed by atoms with van der Waals surface area (Å²) in [5.41, 5.74) is 1.98. The van der Waals surface area contributed by atoms with E-state index in [1.165, 1.54) is 4.90 Å². The van der Waals surface area contributed by atoms with Gasteiger partial charge in [-0.25, -0.2) is 4.79 Å². The van der Waals surface area contributed by atoms with Crippen molar-refractivity contribution in [2.75, 3.05) is 19.7 Å². The van der Waals surface area contributed by atoms with Crippen LogP contribution >= 0.6 is 0 Å². The quantitative estimate of drug-likeness (QED) is 0.359. The Balaban J connectivity index is 3.40. The zero-order chi connectivity index (χ0) is 29.0. The number of hydrogen-bond donors (Lipinski definition) is 2. The smallest absolute Gasteiger partial charge is 0.408 e. The van der Waals surface area contributed by atoms with Gasteiger partial charge in [-0.15, -0.1) is 0 Å². The molecule has 0 saturated carbocycles. The lowest BCUT2D eigenvalue weighted by Gasteiger charge is -2.35. The molecule has 0 aliphatic rings. The van der Waals surface area contributed by atoms with Gasteiger partial charge in [0.05, 0.1) is 13.0 Å². The van der Waals surface area contributed by atoms with Gasteiger partial charge in [0.1, 0.15) is 17.7 Å². The van der Waals surface area contributed by atoms with Crippen LogP contribution in [-0.4, -0.2) is 60.1 Å². The number of amides is 3. The van der Waals surface area contributed by atoms with E-state index in [1.54, 1.807) is 27.7 Å². The van der Waals surface area contributed by atoms with Gasteiger partial charge in [0.25, 0.3) is 0 Å². The SMILES string of the molecule is CCCN(C(=O)C(CC(C)C)NC(=O)OC(C)(C)C)C(C(=O)NCCC(=O)OCC)c1ccc(C)c(C)c1. The van der Waals surface area contributed by atoms with Crippen molar-refractivity contribution in [2.24, 2.45) is 5.92 Å². The number of alkyl carbamates (subject to hydrolysis) is 1. The molecule has 3 amide bonds. The molecule has 0 spiro atoms. The number of hydrogen-bond acceptors (Lipinski definition) is 6. The number of carbonyl (C=O) groups is 4. The fraction of sp³-hybridized carbons (Fsp3) is 0.655. The maximum absolute atomic E-state index is 14.0. The normalized spacial score (nSPS) is 12.9. The Labute approximate surface area is 228 Å². The van der Waals surface area contributed by atoms with E-state index < -0.39 is 35.7 Å². The van der Waals surface area contributed by atoms with E-state index in [1.807, 2.05) is 52.8 Å². The minimum atomic E-state index is -0.945. The molecule has 0 saturated heterocycles. The van der Waals surface area contributed by atoms with Crippen LogP contribution in [0.3, 0.4) is 0 Å². The van der Waals surface area contributed by atoms with Crippen LogP contribution in [0.15, 0.2) is 18.2 Å². The van der Waals surface area contributed by atoms with Gasteiger partial charge in [-0.2, -0.15) is 0 Å². The molecule has 0 bridgehead atoms. The lowest BCUT2D eigenvalue weighted by Crippen LogP contribution is -2.53. The van der Waals surface area contributed by atoms with Crippen LogP contribution in [0, 0.1) is 19.8 Å². The van der Waals surface area contributed by atoms with Crippen LogP contribution in [0.4, 0.5) is 4.79 Å². The molecule has 9 heteroatoms. The van der Waals surface area contributed by atoms with Gasteiger partial charge in [0.15, 0.2) is 0 Å². The first-order valence-electron chi connectivity index (χ1n) is 13.5. The standard InChI is InChI=1S/C29H47N3O6/c1-10-16-32(27(35)23(17-19(3)4)31-28(36)38-29(7,8)9)25(22-13-12-20(5)21(6)18-22)26(34)30-15-14-24(33)37-11-2/h12-13,18-19,23,25H,10-11,14-17H2,1-9H3,(H,30,34)(H,31,36). The molecular formula is C29H47N3O6. The van der Waals surface area contributed by atoms with E-state index in [4.69, 9.17) is 9.47 Å². The number of nitrogens with zero attached hydrogens (tertiary/aromatic N) is 1. The number of rotatable bonds is 13. The highest BCUT2D eigenvalue weighted by Gasteiger charge is 2.36. The number of esters is 1. The minimum absolute atomic E-state index is 0.0249. The van der Waals surface area contributed by atoms with E-state index in [-0.39, 0.29) is 31.4 Å². The van der Waals surface area contributed by atoms with Crippen LogP contribution in [0.5, 0.6) is 0 Å². The zero-order valence-corrected chi connectivity index (χ0v) is 24.6. The zero-order valence-electron chi connectivity index (χ0n) is 24.6. The first kappa shape index (κ1) is 32.9. The van der Waals surface area contributed by atoms with Gasteiger partial charge in [-0.3, -0.25) is 14.4 Å². The van der Waals surface area contributed by atoms with Crippen molar-refractivity contribution in [1.29, 1.82) is 0 Å². The first-order valence-corrected chi connectivity index (χ1v) is 13.5. The third-order valence-corrected chi connectivity index (χ3v) is 5.78. The summed E-state index contributed by atoms with van der Waals surface area (Å²) in [7, 11) is 0. The van der Waals surface area contributed by atoms with Crippen molar-refractivity contribution >= 4 is 23.9 Å². The molecule has 214 valence electrons. The van der Waals surface area contributed by atoms with Gasteiger partial charge < -0.3 is 25.0 Å². The summed E-state index contributed by atoms with van der Waals surface area (Å²) in [6, 6.07) is 3.84. The molecule has 2 N–H and O–H groups in total. The molecule has 0 heterocycles. The molecule has 1 aromatic rings. The van der Waals surface area contributed by atoms with E-state index in [9.17, 15) is 19.2 Å².